The lowest BCUT2D eigenvalue weighted by Crippen LogP contribution is -2.08. The number of nitrogens with zero attached hydrogens (tertiary/aromatic N) is 1. The minimum atomic E-state index is 0.555. The summed E-state index contributed by atoms with van der Waals surface area (Å²) in [7, 11) is 3.28. The Morgan fingerprint density at radius 3 is 2.27 bits per heavy atom. The quantitative estimate of drug-likeness (QED) is 0.543. The van der Waals surface area contributed by atoms with Gasteiger partial charge < -0.3 is 15.2 Å². The Labute approximate surface area is 160 Å². The van der Waals surface area contributed by atoms with E-state index in [0.717, 1.165) is 29.2 Å². The predicted molar refractivity (Wildman–Crippen MR) is 112 cm³/mol. The molecule has 2 aromatic carbocycles. The van der Waals surface area contributed by atoms with Crippen molar-refractivity contribution in [1.29, 1.82) is 0 Å². The number of rotatable bonds is 8. The lowest BCUT2D eigenvalue weighted by molar-refractivity contribution is 0.354. The molecule has 0 unspecified atom stereocenters. The van der Waals surface area contributed by atoms with Crippen LogP contribution in [0.25, 0.3) is 0 Å². The molecule has 2 aromatic rings. The number of thioether (sulfide) groups is 1. The average molecular weight is 373 g/mol. The Hall–Kier alpha value is -2.14. The highest BCUT2D eigenvalue weighted by molar-refractivity contribution is 8.13. The average Bonchev–Trinajstić information content (AvgIpc) is 2.66. The van der Waals surface area contributed by atoms with Crippen LogP contribution < -0.4 is 15.2 Å². The molecule has 0 atom stereocenters. The zero-order chi connectivity index (χ0) is 18.9. The first-order valence-corrected chi connectivity index (χ1v) is 9.74. The molecule has 0 spiro atoms. The molecule has 2 N–H and O–H groups in total. The van der Waals surface area contributed by atoms with Crippen LogP contribution in [0.3, 0.4) is 0 Å². The monoisotopic (exact) mass is 372 g/mol. The molecule has 4 nitrogen and oxygen atoms in total. The summed E-state index contributed by atoms with van der Waals surface area (Å²) in [6, 6.07) is 14.6. The molecule has 0 aromatic heterocycles. The summed E-state index contributed by atoms with van der Waals surface area (Å²) in [5, 5.41) is 0.624. The second-order valence-electron chi connectivity index (χ2n) is 6.34. The number of aliphatic imine (C=N–C) groups is 1. The first-order chi connectivity index (χ1) is 12.5. The minimum absolute atomic E-state index is 0.555. The molecule has 0 amide bonds. The van der Waals surface area contributed by atoms with Crippen molar-refractivity contribution in [2.24, 2.45) is 10.7 Å². The second-order valence-corrected chi connectivity index (χ2v) is 7.34. The number of benzene rings is 2. The highest BCUT2D eigenvalue weighted by atomic mass is 32.2. The van der Waals surface area contributed by atoms with E-state index in [1.807, 2.05) is 18.2 Å². The molecule has 5 heteroatoms. The van der Waals surface area contributed by atoms with Gasteiger partial charge in [0.2, 0.25) is 0 Å². The van der Waals surface area contributed by atoms with Gasteiger partial charge in [-0.3, -0.25) is 4.99 Å². The Kier molecular flexibility index (Phi) is 7.85. The number of ether oxygens (including phenoxy) is 2. The van der Waals surface area contributed by atoms with Crippen LogP contribution in [0.4, 0.5) is 0 Å². The summed E-state index contributed by atoms with van der Waals surface area (Å²) in [6.07, 6.45) is 0.810. The third-order valence-corrected chi connectivity index (χ3v) is 5.05. The van der Waals surface area contributed by atoms with Crippen molar-refractivity contribution >= 4 is 16.9 Å². The zero-order valence-electron chi connectivity index (χ0n) is 16.0. The lowest BCUT2D eigenvalue weighted by atomic mass is 10.0. The molecule has 26 heavy (non-hydrogen) atoms. The second kappa shape index (κ2) is 10.1. The van der Waals surface area contributed by atoms with Crippen LogP contribution in [-0.2, 0) is 12.2 Å². The third kappa shape index (κ3) is 5.99. The SMILES string of the molecule is COc1ccc(CCN=C(N)SCc2ccc(C(C)C)cc2)cc1OC. The van der Waals surface area contributed by atoms with E-state index in [-0.39, 0.29) is 0 Å². The van der Waals surface area contributed by atoms with E-state index in [1.54, 1.807) is 26.0 Å². The summed E-state index contributed by atoms with van der Waals surface area (Å²) in [5.74, 6) is 2.86. The van der Waals surface area contributed by atoms with Crippen molar-refractivity contribution in [2.45, 2.75) is 31.9 Å². The normalized spacial score (nSPS) is 11.7. The molecule has 0 saturated carbocycles. The van der Waals surface area contributed by atoms with Gasteiger partial charge in [0.1, 0.15) is 0 Å². The Morgan fingerprint density at radius 1 is 1.00 bits per heavy atom. The van der Waals surface area contributed by atoms with Gasteiger partial charge in [-0.2, -0.15) is 0 Å². The fraction of sp³-hybridized carbons (Fsp3) is 0.381. The summed E-state index contributed by atoms with van der Waals surface area (Å²) in [5.41, 5.74) is 9.80. The van der Waals surface area contributed by atoms with Crippen LogP contribution in [0.2, 0.25) is 0 Å². The van der Waals surface area contributed by atoms with Gasteiger partial charge in [0.05, 0.1) is 14.2 Å². The molecular weight excluding hydrogens is 344 g/mol. The highest BCUT2D eigenvalue weighted by Crippen LogP contribution is 2.27. The van der Waals surface area contributed by atoms with Crippen LogP contribution in [0.5, 0.6) is 11.5 Å². The summed E-state index contributed by atoms with van der Waals surface area (Å²) < 4.78 is 10.6. The molecule has 0 heterocycles. The van der Waals surface area contributed by atoms with Gasteiger partial charge >= 0.3 is 0 Å². The number of nitrogens with two attached hydrogens (primary N) is 1. The first-order valence-electron chi connectivity index (χ1n) is 8.76. The van der Waals surface area contributed by atoms with E-state index in [1.165, 1.54) is 11.1 Å². The molecule has 2 rings (SSSR count). The lowest BCUT2D eigenvalue weighted by Gasteiger charge is -2.09. The molecule has 0 saturated heterocycles. The maximum atomic E-state index is 6.03. The van der Waals surface area contributed by atoms with E-state index in [2.05, 4.69) is 43.1 Å². The van der Waals surface area contributed by atoms with Gasteiger partial charge in [0.15, 0.2) is 16.7 Å². The first kappa shape index (κ1) is 20.2. The topological polar surface area (TPSA) is 56.8 Å². The number of hydrogen-bond donors (Lipinski definition) is 1. The maximum Gasteiger partial charge on any atom is 0.160 e. The van der Waals surface area contributed by atoms with Crippen molar-refractivity contribution in [1.82, 2.24) is 0 Å². The molecule has 0 aliphatic rings. The van der Waals surface area contributed by atoms with Crippen LogP contribution in [0.1, 0.15) is 36.5 Å². The predicted octanol–water partition coefficient (Wildman–Crippen LogP) is 4.62. The molecule has 0 radical (unpaired) electrons. The fourth-order valence-corrected chi connectivity index (χ4v) is 3.22. The van der Waals surface area contributed by atoms with Crippen LogP contribution >= 0.6 is 11.8 Å². The van der Waals surface area contributed by atoms with E-state index >= 15 is 0 Å². The molecule has 0 aliphatic carbocycles. The summed E-state index contributed by atoms with van der Waals surface area (Å²) in [6.45, 7) is 5.06. The zero-order valence-corrected chi connectivity index (χ0v) is 16.8. The van der Waals surface area contributed by atoms with E-state index < -0.39 is 0 Å². The van der Waals surface area contributed by atoms with Gasteiger partial charge in [0.25, 0.3) is 0 Å². The van der Waals surface area contributed by atoms with Crippen molar-refractivity contribution < 1.29 is 9.47 Å². The van der Waals surface area contributed by atoms with Crippen molar-refractivity contribution in [3.05, 3.63) is 59.2 Å². The van der Waals surface area contributed by atoms with Crippen molar-refractivity contribution in [3.63, 3.8) is 0 Å². The highest BCUT2D eigenvalue weighted by Gasteiger charge is 2.05. The maximum absolute atomic E-state index is 6.03. The number of methoxy groups -OCH3 is 2. The van der Waals surface area contributed by atoms with E-state index in [4.69, 9.17) is 15.2 Å². The smallest absolute Gasteiger partial charge is 0.160 e. The van der Waals surface area contributed by atoms with Gasteiger partial charge in [-0.05, 0) is 41.2 Å². The Morgan fingerprint density at radius 2 is 1.65 bits per heavy atom. The fourth-order valence-electron chi connectivity index (χ4n) is 2.53. The van der Waals surface area contributed by atoms with Crippen LogP contribution in [0, 0.1) is 0 Å². The van der Waals surface area contributed by atoms with E-state index in [9.17, 15) is 0 Å². The van der Waals surface area contributed by atoms with Gasteiger partial charge in [-0.1, -0.05) is 55.9 Å². The minimum Gasteiger partial charge on any atom is -0.493 e. The van der Waals surface area contributed by atoms with Crippen molar-refractivity contribution in [3.8, 4) is 11.5 Å². The van der Waals surface area contributed by atoms with Gasteiger partial charge in [-0.15, -0.1) is 0 Å². The number of hydrogen-bond acceptors (Lipinski definition) is 4. The largest absolute Gasteiger partial charge is 0.493 e. The molecule has 0 aliphatic heterocycles. The van der Waals surface area contributed by atoms with Gasteiger partial charge in [-0.25, -0.2) is 0 Å². The van der Waals surface area contributed by atoms with E-state index in [0.29, 0.717) is 17.6 Å². The molecule has 0 fully saturated rings. The van der Waals surface area contributed by atoms with Crippen LogP contribution in [-0.4, -0.2) is 25.9 Å². The standard InChI is InChI=1S/C21H28N2O2S/c1-15(2)18-8-5-17(6-9-18)14-26-21(22)23-12-11-16-7-10-19(24-3)20(13-16)25-4/h5-10,13,15H,11-12,14H2,1-4H3,(H2,22,23). The summed E-state index contributed by atoms with van der Waals surface area (Å²) >= 11 is 1.58. The summed E-state index contributed by atoms with van der Waals surface area (Å²) in [4.78, 5) is 4.46. The number of amidine groups is 1. The third-order valence-electron chi connectivity index (χ3n) is 4.15. The molecular formula is C21H28N2O2S. The Balaban J connectivity index is 1.82. The van der Waals surface area contributed by atoms with Crippen molar-refractivity contribution in [2.75, 3.05) is 20.8 Å². The molecule has 140 valence electrons. The van der Waals surface area contributed by atoms with Gasteiger partial charge in [0, 0.05) is 12.3 Å². The van der Waals surface area contributed by atoms with Crippen LogP contribution in [0.15, 0.2) is 47.5 Å². The molecule has 0 bridgehead atoms. The Bertz CT molecular complexity index is 727.